The molecule has 1 amide bonds. The quantitative estimate of drug-likeness (QED) is 0.648. The molecule has 1 aromatic carbocycles. The molecule has 6 aliphatic rings. The Morgan fingerprint density at radius 2 is 1.84 bits per heavy atom. The number of para-hydroxylation sites is 1. The van der Waals surface area contributed by atoms with Gasteiger partial charge in [0.2, 0.25) is 5.60 Å². The zero-order chi connectivity index (χ0) is 21.8. The zero-order valence-electron chi connectivity index (χ0n) is 17.8. The average Bonchev–Trinajstić information content (AvgIpc) is 3.33. The van der Waals surface area contributed by atoms with Crippen LogP contribution in [0.4, 0.5) is 10.5 Å². The molecule has 0 radical (unpaired) electrons. The van der Waals surface area contributed by atoms with Crippen molar-refractivity contribution < 1.29 is 29.3 Å². The molecule has 2 N–H and O–H groups in total. The predicted molar refractivity (Wildman–Crippen MR) is 110 cm³/mol. The lowest BCUT2D eigenvalue weighted by molar-refractivity contribution is -0.280. The Hall–Kier alpha value is -2.16. The van der Waals surface area contributed by atoms with Crippen LogP contribution < -0.4 is 4.90 Å². The number of anilines is 1. The highest BCUT2D eigenvalue weighted by Crippen LogP contribution is 2.76. The molecule has 3 aliphatic heterocycles. The molecule has 2 bridgehead atoms. The zero-order valence-corrected chi connectivity index (χ0v) is 17.8. The maximum Gasteiger partial charge on any atom is 0.414 e. The van der Waals surface area contributed by atoms with Gasteiger partial charge in [-0.3, -0.25) is 9.80 Å². The van der Waals surface area contributed by atoms with Crippen molar-refractivity contribution in [2.75, 3.05) is 32.2 Å². The van der Waals surface area contributed by atoms with Gasteiger partial charge in [-0.1, -0.05) is 18.2 Å². The maximum atomic E-state index is 13.4. The number of carbonyl (C=O) groups is 2. The van der Waals surface area contributed by atoms with Crippen LogP contribution in [0.5, 0.6) is 0 Å². The van der Waals surface area contributed by atoms with E-state index in [2.05, 4.69) is 4.90 Å². The fraction of sp³-hybridized carbons (Fsp3) is 0.652. The predicted octanol–water partition coefficient (Wildman–Crippen LogP) is 1.18. The molecule has 1 aromatic rings. The van der Waals surface area contributed by atoms with Crippen molar-refractivity contribution in [3.05, 3.63) is 29.8 Å². The molecule has 7 rings (SSSR count). The number of piperidine rings is 1. The monoisotopic (exact) mass is 428 g/mol. The van der Waals surface area contributed by atoms with Crippen LogP contribution in [0, 0.1) is 5.41 Å². The molecule has 166 valence electrons. The van der Waals surface area contributed by atoms with E-state index in [1.54, 1.807) is 0 Å². The standard InChI is InChI=1S/C23H28N2O6/c1-30-18(27)23(29)17(26)20-8-5-12-24-13-11-21(16(20)24)14-6-3-4-7-15(14)25(19(28)31-2)22(21,23)10-9-20/h3-4,6-7,16-17,26,29H,5,8-13H2,1-2H3/t16-,17-,20+,21+,22-,23+/m0/s1. The summed E-state index contributed by atoms with van der Waals surface area (Å²) in [7, 11) is 2.53. The minimum atomic E-state index is -2.27. The van der Waals surface area contributed by atoms with E-state index in [4.69, 9.17) is 9.47 Å². The molecule has 3 spiro atoms. The van der Waals surface area contributed by atoms with Crippen molar-refractivity contribution in [3.8, 4) is 0 Å². The van der Waals surface area contributed by atoms with Gasteiger partial charge in [0.05, 0.1) is 19.9 Å². The van der Waals surface area contributed by atoms with Gasteiger partial charge in [-0.05, 0) is 56.8 Å². The smallest absolute Gasteiger partial charge is 0.414 e. The fourth-order valence-corrected chi connectivity index (χ4v) is 8.69. The van der Waals surface area contributed by atoms with Crippen molar-refractivity contribution in [2.45, 2.75) is 60.8 Å². The third-order valence-corrected chi connectivity index (χ3v) is 9.38. The van der Waals surface area contributed by atoms with E-state index in [0.29, 0.717) is 24.9 Å². The van der Waals surface area contributed by atoms with E-state index in [9.17, 15) is 19.8 Å². The number of hydrogen-bond acceptors (Lipinski definition) is 7. The first-order valence-electron chi connectivity index (χ1n) is 11.1. The highest BCUT2D eigenvalue weighted by molar-refractivity contribution is 5.99. The number of rotatable bonds is 1. The first kappa shape index (κ1) is 19.5. The van der Waals surface area contributed by atoms with E-state index in [1.807, 2.05) is 24.3 Å². The molecule has 8 heteroatoms. The summed E-state index contributed by atoms with van der Waals surface area (Å²) in [5.41, 5.74) is -3.39. The lowest BCUT2D eigenvalue weighted by Crippen LogP contribution is -2.91. The number of fused-ring (bicyclic) bond motifs is 3. The largest absolute Gasteiger partial charge is 0.467 e. The Labute approximate surface area is 180 Å². The van der Waals surface area contributed by atoms with Crippen molar-refractivity contribution >= 4 is 17.7 Å². The molecular formula is C23H28N2O6. The first-order chi connectivity index (χ1) is 14.9. The molecule has 31 heavy (non-hydrogen) atoms. The average molecular weight is 428 g/mol. The Bertz CT molecular complexity index is 1000. The summed E-state index contributed by atoms with van der Waals surface area (Å²) in [6, 6.07) is 7.58. The highest BCUT2D eigenvalue weighted by atomic mass is 16.6. The molecular weight excluding hydrogens is 400 g/mol. The summed E-state index contributed by atoms with van der Waals surface area (Å²) >= 11 is 0. The van der Waals surface area contributed by atoms with Crippen molar-refractivity contribution in [1.82, 2.24) is 4.90 Å². The Morgan fingerprint density at radius 1 is 1.06 bits per heavy atom. The van der Waals surface area contributed by atoms with Crippen LogP contribution in [0.3, 0.4) is 0 Å². The second kappa shape index (κ2) is 5.79. The number of ether oxygens (including phenoxy) is 2. The molecule has 2 saturated heterocycles. The van der Waals surface area contributed by atoms with Gasteiger partial charge in [0, 0.05) is 16.9 Å². The van der Waals surface area contributed by atoms with E-state index < -0.39 is 40.1 Å². The number of nitrogens with zero attached hydrogens (tertiary/aromatic N) is 2. The number of aliphatic hydroxyl groups excluding tert-OH is 1. The van der Waals surface area contributed by atoms with Crippen LogP contribution in [0.25, 0.3) is 0 Å². The second-order valence-corrected chi connectivity index (χ2v) is 9.84. The van der Waals surface area contributed by atoms with Crippen LogP contribution in [0.2, 0.25) is 0 Å². The van der Waals surface area contributed by atoms with E-state index in [1.165, 1.54) is 19.1 Å². The topological polar surface area (TPSA) is 99.5 Å². The van der Waals surface area contributed by atoms with Gasteiger partial charge in [-0.15, -0.1) is 0 Å². The minimum absolute atomic E-state index is 0.0711. The number of aliphatic hydroxyl groups is 2. The van der Waals surface area contributed by atoms with Crippen LogP contribution in [0.1, 0.15) is 37.7 Å². The van der Waals surface area contributed by atoms with E-state index in [-0.39, 0.29) is 6.04 Å². The van der Waals surface area contributed by atoms with Crippen LogP contribution >= 0.6 is 0 Å². The highest BCUT2D eigenvalue weighted by Gasteiger charge is 2.89. The number of amides is 1. The molecule has 3 saturated carbocycles. The lowest BCUT2D eigenvalue weighted by atomic mass is 9.36. The van der Waals surface area contributed by atoms with Gasteiger partial charge in [-0.25, -0.2) is 9.59 Å². The number of methoxy groups -OCH3 is 2. The van der Waals surface area contributed by atoms with Gasteiger partial charge >= 0.3 is 12.1 Å². The Morgan fingerprint density at radius 3 is 2.58 bits per heavy atom. The molecule has 8 nitrogen and oxygen atoms in total. The molecule has 5 fully saturated rings. The van der Waals surface area contributed by atoms with Gasteiger partial charge in [0.1, 0.15) is 11.6 Å². The maximum absolute atomic E-state index is 13.4. The number of benzene rings is 1. The second-order valence-electron chi connectivity index (χ2n) is 9.84. The molecule has 3 heterocycles. The summed E-state index contributed by atoms with van der Waals surface area (Å²) in [5, 5.41) is 24.1. The first-order valence-corrected chi connectivity index (χ1v) is 11.1. The molecule has 6 atom stereocenters. The van der Waals surface area contributed by atoms with Crippen molar-refractivity contribution in [3.63, 3.8) is 0 Å². The van der Waals surface area contributed by atoms with Gasteiger partial charge < -0.3 is 19.7 Å². The van der Waals surface area contributed by atoms with E-state index in [0.717, 1.165) is 31.5 Å². The number of hydrogen-bond donors (Lipinski definition) is 2. The third-order valence-electron chi connectivity index (χ3n) is 9.38. The van der Waals surface area contributed by atoms with Crippen molar-refractivity contribution in [1.29, 1.82) is 0 Å². The van der Waals surface area contributed by atoms with Crippen LogP contribution in [-0.4, -0.2) is 77.8 Å². The molecule has 3 aliphatic carbocycles. The Kier molecular flexibility index (Phi) is 3.65. The van der Waals surface area contributed by atoms with Crippen LogP contribution in [-0.2, 0) is 19.7 Å². The summed E-state index contributed by atoms with van der Waals surface area (Å²) in [6.07, 6.45) is 1.35. The van der Waals surface area contributed by atoms with Gasteiger partial charge in [-0.2, -0.15) is 0 Å². The summed E-state index contributed by atoms with van der Waals surface area (Å²) < 4.78 is 10.3. The summed E-state index contributed by atoms with van der Waals surface area (Å²) in [6.45, 7) is 1.70. The normalized spacial score (nSPS) is 44.5. The SMILES string of the molecule is COC(=O)N1c2ccccc2[C@@]23CCN4CCC[C@@]5(CC[C@]12[C@](O)(C(=O)OC)[C@H]5O)[C@H]43. The number of carbonyl (C=O) groups excluding carboxylic acids is 2. The molecule has 0 unspecified atom stereocenters. The van der Waals surface area contributed by atoms with Crippen LogP contribution in [0.15, 0.2) is 24.3 Å². The molecule has 0 aromatic heterocycles. The minimum Gasteiger partial charge on any atom is -0.467 e. The van der Waals surface area contributed by atoms with Gasteiger partial charge in [0.15, 0.2) is 0 Å². The summed E-state index contributed by atoms with van der Waals surface area (Å²) in [4.78, 5) is 30.5. The van der Waals surface area contributed by atoms with Crippen molar-refractivity contribution in [2.24, 2.45) is 5.41 Å². The fourth-order valence-electron chi connectivity index (χ4n) is 8.69. The Balaban J connectivity index is 1.76. The van der Waals surface area contributed by atoms with E-state index >= 15 is 0 Å². The third kappa shape index (κ3) is 1.69. The lowest BCUT2D eigenvalue weighted by Gasteiger charge is -2.73. The van der Waals surface area contributed by atoms with Gasteiger partial charge in [0.25, 0.3) is 0 Å². The number of esters is 1. The summed E-state index contributed by atoms with van der Waals surface area (Å²) in [5.74, 6) is -0.886.